The molecule has 22 heavy (non-hydrogen) atoms. The number of Topliss-reactive ketones (excluding diaryl/α,β-unsaturated/α-hetero) is 1. The van der Waals surface area contributed by atoms with Gasteiger partial charge in [0.2, 0.25) is 0 Å². The molecule has 0 bridgehead atoms. The van der Waals surface area contributed by atoms with Crippen LogP contribution in [0.25, 0.3) is 10.8 Å². The standard InChI is InChI=1S/C20H27NO/c1-14(2)21-18(19(22)20(3,4)5)13-15-10-11-16-8-6-7-9-17(16)12-15/h6-12,14,18,21H,13H2,1-5H3. The van der Waals surface area contributed by atoms with Gasteiger partial charge in [0.15, 0.2) is 5.78 Å². The molecule has 1 unspecified atom stereocenters. The Morgan fingerprint density at radius 3 is 2.27 bits per heavy atom. The van der Waals surface area contributed by atoms with Gasteiger partial charge in [-0.2, -0.15) is 0 Å². The number of fused-ring (bicyclic) bond motifs is 1. The lowest BCUT2D eigenvalue weighted by molar-refractivity contribution is -0.128. The van der Waals surface area contributed by atoms with E-state index in [4.69, 9.17) is 0 Å². The molecule has 0 amide bonds. The summed E-state index contributed by atoms with van der Waals surface area (Å²) in [4.78, 5) is 12.7. The minimum absolute atomic E-state index is 0.138. The summed E-state index contributed by atoms with van der Waals surface area (Å²) in [5.74, 6) is 0.273. The molecule has 2 heteroatoms. The van der Waals surface area contributed by atoms with Crippen molar-refractivity contribution in [3.8, 4) is 0 Å². The Bertz CT molecular complexity index is 652. The second-order valence-electron chi connectivity index (χ2n) is 7.37. The predicted octanol–water partition coefficient (Wildman–Crippen LogP) is 4.36. The maximum Gasteiger partial charge on any atom is 0.155 e. The number of carbonyl (C=O) groups excluding carboxylic acids is 1. The van der Waals surface area contributed by atoms with E-state index in [1.807, 2.05) is 26.8 Å². The Morgan fingerprint density at radius 1 is 1.05 bits per heavy atom. The summed E-state index contributed by atoms with van der Waals surface area (Å²) in [5.41, 5.74) is 0.873. The van der Waals surface area contributed by atoms with Crippen LogP contribution < -0.4 is 5.32 Å². The number of benzene rings is 2. The topological polar surface area (TPSA) is 29.1 Å². The molecular weight excluding hydrogens is 270 g/mol. The third-order valence-electron chi connectivity index (χ3n) is 3.84. The van der Waals surface area contributed by atoms with Crippen LogP contribution in [0.3, 0.4) is 0 Å². The first-order valence-electron chi connectivity index (χ1n) is 8.05. The third kappa shape index (κ3) is 4.17. The highest BCUT2D eigenvalue weighted by Crippen LogP contribution is 2.21. The van der Waals surface area contributed by atoms with E-state index >= 15 is 0 Å². The van der Waals surface area contributed by atoms with Gasteiger partial charge in [-0.1, -0.05) is 77.1 Å². The molecule has 0 aromatic heterocycles. The lowest BCUT2D eigenvalue weighted by Gasteiger charge is -2.27. The molecule has 118 valence electrons. The molecule has 1 atom stereocenters. The number of hydrogen-bond acceptors (Lipinski definition) is 2. The normalized spacial score (nSPS) is 13.5. The van der Waals surface area contributed by atoms with Gasteiger partial charge in [-0.05, 0) is 22.8 Å². The van der Waals surface area contributed by atoms with E-state index in [0.717, 1.165) is 6.42 Å². The highest BCUT2D eigenvalue weighted by molar-refractivity contribution is 5.89. The molecule has 0 saturated carbocycles. The highest BCUT2D eigenvalue weighted by atomic mass is 16.1. The van der Waals surface area contributed by atoms with Crippen LogP contribution >= 0.6 is 0 Å². The fourth-order valence-corrected chi connectivity index (χ4v) is 2.75. The van der Waals surface area contributed by atoms with Crippen LogP contribution in [0.15, 0.2) is 42.5 Å². The SMILES string of the molecule is CC(C)NC(Cc1ccc2ccccc2c1)C(=O)C(C)(C)C. The van der Waals surface area contributed by atoms with Gasteiger partial charge in [-0.15, -0.1) is 0 Å². The van der Waals surface area contributed by atoms with Crippen molar-refractivity contribution in [2.45, 2.75) is 53.1 Å². The molecule has 0 heterocycles. The molecule has 1 N–H and O–H groups in total. The number of nitrogens with one attached hydrogen (secondary N) is 1. The maximum atomic E-state index is 12.7. The van der Waals surface area contributed by atoms with Gasteiger partial charge in [0, 0.05) is 11.5 Å². The highest BCUT2D eigenvalue weighted by Gasteiger charge is 2.29. The summed E-state index contributed by atoms with van der Waals surface area (Å²) in [7, 11) is 0. The summed E-state index contributed by atoms with van der Waals surface area (Å²) < 4.78 is 0. The van der Waals surface area contributed by atoms with Crippen molar-refractivity contribution in [2.24, 2.45) is 5.41 Å². The molecule has 0 fully saturated rings. The lowest BCUT2D eigenvalue weighted by Crippen LogP contribution is -2.47. The van der Waals surface area contributed by atoms with Crippen molar-refractivity contribution < 1.29 is 4.79 Å². The molecule has 2 aromatic rings. The minimum Gasteiger partial charge on any atom is -0.305 e. The van der Waals surface area contributed by atoms with Crippen LogP contribution in [-0.4, -0.2) is 17.9 Å². The van der Waals surface area contributed by atoms with Crippen molar-refractivity contribution in [3.63, 3.8) is 0 Å². The first-order valence-corrected chi connectivity index (χ1v) is 8.05. The summed E-state index contributed by atoms with van der Waals surface area (Å²) in [5, 5.41) is 5.90. The summed E-state index contributed by atoms with van der Waals surface area (Å²) in [6.07, 6.45) is 0.735. The zero-order valence-electron chi connectivity index (χ0n) is 14.3. The van der Waals surface area contributed by atoms with Crippen LogP contribution in [0.1, 0.15) is 40.2 Å². The Morgan fingerprint density at radius 2 is 1.68 bits per heavy atom. The van der Waals surface area contributed by atoms with E-state index in [1.54, 1.807) is 0 Å². The van der Waals surface area contributed by atoms with Gasteiger partial charge in [0.25, 0.3) is 0 Å². The van der Waals surface area contributed by atoms with Crippen molar-refractivity contribution in [1.82, 2.24) is 5.32 Å². The minimum atomic E-state index is -0.330. The summed E-state index contributed by atoms with van der Waals surface area (Å²) >= 11 is 0. The van der Waals surface area contributed by atoms with E-state index in [-0.39, 0.29) is 23.3 Å². The van der Waals surface area contributed by atoms with E-state index in [0.29, 0.717) is 0 Å². The molecular formula is C20H27NO. The van der Waals surface area contributed by atoms with Crippen LogP contribution in [0.2, 0.25) is 0 Å². The Kier molecular flexibility index (Phi) is 5.02. The van der Waals surface area contributed by atoms with Crippen molar-refractivity contribution in [2.75, 3.05) is 0 Å². The van der Waals surface area contributed by atoms with Gasteiger partial charge >= 0.3 is 0 Å². The predicted molar refractivity (Wildman–Crippen MR) is 94.2 cm³/mol. The molecule has 0 aliphatic heterocycles. The average molecular weight is 297 g/mol. The van der Waals surface area contributed by atoms with Crippen LogP contribution in [0.4, 0.5) is 0 Å². The zero-order valence-corrected chi connectivity index (χ0v) is 14.3. The van der Waals surface area contributed by atoms with Gasteiger partial charge in [0.05, 0.1) is 6.04 Å². The number of rotatable bonds is 5. The molecule has 0 aliphatic rings. The smallest absolute Gasteiger partial charge is 0.155 e. The Labute approximate surface area is 133 Å². The first kappa shape index (κ1) is 16.7. The molecule has 0 saturated heterocycles. The van der Waals surface area contributed by atoms with Gasteiger partial charge in [-0.3, -0.25) is 4.79 Å². The Hall–Kier alpha value is -1.67. The van der Waals surface area contributed by atoms with Crippen LogP contribution in [0.5, 0.6) is 0 Å². The largest absolute Gasteiger partial charge is 0.305 e. The molecule has 0 radical (unpaired) electrons. The quantitative estimate of drug-likeness (QED) is 0.888. The monoisotopic (exact) mass is 297 g/mol. The molecule has 0 aliphatic carbocycles. The third-order valence-corrected chi connectivity index (χ3v) is 3.84. The number of hydrogen-bond donors (Lipinski definition) is 1. The van der Waals surface area contributed by atoms with Crippen molar-refractivity contribution >= 4 is 16.6 Å². The van der Waals surface area contributed by atoms with Crippen molar-refractivity contribution in [3.05, 3.63) is 48.0 Å². The lowest BCUT2D eigenvalue weighted by atomic mass is 9.84. The fraction of sp³-hybridized carbons (Fsp3) is 0.450. The second-order valence-corrected chi connectivity index (χ2v) is 7.37. The number of carbonyl (C=O) groups is 1. The van der Waals surface area contributed by atoms with Crippen LogP contribution in [-0.2, 0) is 11.2 Å². The van der Waals surface area contributed by atoms with Gasteiger partial charge < -0.3 is 5.32 Å². The van der Waals surface area contributed by atoms with Gasteiger partial charge in [0.1, 0.15) is 0 Å². The van der Waals surface area contributed by atoms with E-state index in [2.05, 4.69) is 55.6 Å². The zero-order chi connectivity index (χ0) is 16.3. The van der Waals surface area contributed by atoms with E-state index < -0.39 is 0 Å². The maximum absolute atomic E-state index is 12.7. The second kappa shape index (κ2) is 6.62. The first-order chi connectivity index (χ1) is 10.3. The summed E-state index contributed by atoms with van der Waals surface area (Å²) in [6.45, 7) is 10.1. The summed E-state index contributed by atoms with van der Waals surface area (Å²) in [6, 6.07) is 15.0. The average Bonchev–Trinajstić information content (AvgIpc) is 2.44. The van der Waals surface area contributed by atoms with E-state index in [9.17, 15) is 4.79 Å². The van der Waals surface area contributed by atoms with Gasteiger partial charge in [-0.25, -0.2) is 0 Å². The number of ketones is 1. The molecule has 0 spiro atoms. The fourth-order valence-electron chi connectivity index (χ4n) is 2.75. The molecule has 2 rings (SSSR count). The van der Waals surface area contributed by atoms with Crippen LogP contribution in [0, 0.1) is 5.41 Å². The molecule has 2 nitrogen and oxygen atoms in total. The van der Waals surface area contributed by atoms with E-state index in [1.165, 1.54) is 16.3 Å². The molecule has 2 aromatic carbocycles. The van der Waals surface area contributed by atoms with Crippen molar-refractivity contribution in [1.29, 1.82) is 0 Å². The Balaban J connectivity index is 2.26.